The van der Waals surface area contributed by atoms with Crippen molar-refractivity contribution in [3.8, 4) is 0 Å². The number of benzene rings is 1. The molecule has 1 rings (SSSR count). The molecular formula is C15H23FN2O2. The van der Waals surface area contributed by atoms with Gasteiger partial charge in [-0.25, -0.2) is 19.6 Å². The molecule has 1 N–H and O–H groups in total. The lowest BCUT2D eigenvalue weighted by Gasteiger charge is -2.29. The van der Waals surface area contributed by atoms with Crippen molar-refractivity contribution in [1.82, 2.24) is 10.4 Å². The van der Waals surface area contributed by atoms with Gasteiger partial charge >= 0.3 is 6.09 Å². The number of hydrogen-bond acceptors (Lipinski definition) is 3. The van der Waals surface area contributed by atoms with Gasteiger partial charge in [-0.15, -0.1) is 0 Å². The van der Waals surface area contributed by atoms with Crippen LogP contribution in [-0.2, 0) is 4.74 Å². The van der Waals surface area contributed by atoms with Crippen LogP contribution in [0.25, 0.3) is 0 Å². The van der Waals surface area contributed by atoms with Crippen LogP contribution in [0.15, 0.2) is 24.3 Å². The number of rotatable bonds is 4. The Bertz CT molecular complexity index is 440. The largest absolute Gasteiger partial charge is 0.443 e. The van der Waals surface area contributed by atoms with Crippen molar-refractivity contribution >= 4 is 6.09 Å². The number of nitrogens with zero attached hydrogens (tertiary/aromatic N) is 1. The number of nitrogens with one attached hydrogen (secondary N) is 1. The normalized spacial score (nSPS) is 12.9. The number of ether oxygens (including phenoxy) is 1. The van der Waals surface area contributed by atoms with Gasteiger partial charge in [0.25, 0.3) is 0 Å². The van der Waals surface area contributed by atoms with Crippen LogP contribution in [0.5, 0.6) is 0 Å². The van der Waals surface area contributed by atoms with E-state index >= 15 is 0 Å². The zero-order valence-electron chi connectivity index (χ0n) is 12.7. The molecule has 0 heterocycles. The van der Waals surface area contributed by atoms with Crippen molar-refractivity contribution in [2.45, 2.75) is 46.3 Å². The smallest absolute Gasteiger partial charge is 0.424 e. The van der Waals surface area contributed by atoms with Gasteiger partial charge in [0.2, 0.25) is 0 Å². The van der Waals surface area contributed by atoms with Crippen LogP contribution >= 0.6 is 0 Å². The molecule has 20 heavy (non-hydrogen) atoms. The first-order valence-corrected chi connectivity index (χ1v) is 6.75. The highest BCUT2D eigenvalue weighted by Gasteiger charge is 2.22. The van der Waals surface area contributed by atoms with Crippen LogP contribution in [0.3, 0.4) is 0 Å². The fourth-order valence-corrected chi connectivity index (χ4v) is 1.65. The lowest BCUT2D eigenvalue weighted by Crippen LogP contribution is -2.46. The zero-order chi connectivity index (χ0) is 15.3. The van der Waals surface area contributed by atoms with Crippen molar-refractivity contribution in [3.05, 3.63) is 35.6 Å². The number of amides is 1. The third kappa shape index (κ3) is 5.17. The van der Waals surface area contributed by atoms with E-state index in [9.17, 15) is 9.18 Å². The van der Waals surface area contributed by atoms with E-state index < -0.39 is 11.7 Å². The number of hydrogen-bond donors (Lipinski definition) is 1. The number of halogens is 1. The van der Waals surface area contributed by atoms with E-state index in [4.69, 9.17) is 4.74 Å². The van der Waals surface area contributed by atoms with Crippen LogP contribution in [0.1, 0.15) is 46.2 Å². The summed E-state index contributed by atoms with van der Waals surface area (Å²) in [7, 11) is 0. The second kappa shape index (κ2) is 6.70. The Hall–Kier alpha value is -1.62. The van der Waals surface area contributed by atoms with Gasteiger partial charge in [-0.2, -0.15) is 0 Å². The van der Waals surface area contributed by atoms with E-state index in [0.29, 0.717) is 6.54 Å². The van der Waals surface area contributed by atoms with E-state index in [-0.39, 0.29) is 11.9 Å². The van der Waals surface area contributed by atoms with Gasteiger partial charge in [0.15, 0.2) is 0 Å². The molecule has 5 heteroatoms. The lowest BCUT2D eigenvalue weighted by atomic mass is 10.1. The SMILES string of the molecule is CCN(NC(C)c1ccc(F)cc1)C(=O)OC(C)(C)C. The second-order valence-electron chi connectivity index (χ2n) is 5.63. The Balaban J connectivity index is 2.68. The minimum atomic E-state index is -0.536. The molecule has 0 aliphatic rings. The van der Waals surface area contributed by atoms with Gasteiger partial charge in [-0.3, -0.25) is 0 Å². The molecule has 0 fully saturated rings. The number of carbonyl (C=O) groups is 1. The van der Waals surface area contributed by atoms with Crippen LogP contribution in [0, 0.1) is 5.82 Å². The number of hydrazine groups is 1. The van der Waals surface area contributed by atoms with E-state index in [1.807, 2.05) is 34.6 Å². The summed E-state index contributed by atoms with van der Waals surface area (Å²) in [5.74, 6) is -0.277. The van der Waals surface area contributed by atoms with Crippen LogP contribution in [0.4, 0.5) is 9.18 Å². The maximum atomic E-state index is 12.9. The fraction of sp³-hybridized carbons (Fsp3) is 0.533. The minimum Gasteiger partial charge on any atom is -0.443 e. The fourth-order valence-electron chi connectivity index (χ4n) is 1.65. The summed E-state index contributed by atoms with van der Waals surface area (Å²) in [6, 6.07) is 6.06. The second-order valence-corrected chi connectivity index (χ2v) is 5.63. The van der Waals surface area contributed by atoms with Crippen molar-refractivity contribution in [1.29, 1.82) is 0 Å². The summed E-state index contributed by atoms with van der Waals surface area (Å²) < 4.78 is 18.2. The first-order chi connectivity index (χ1) is 9.23. The van der Waals surface area contributed by atoms with E-state index in [1.54, 1.807) is 12.1 Å². The quantitative estimate of drug-likeness (QED) is 0.857. The number of carbonyl (C=O) groups excluding carboxylic acids is 1. The van der Waals surface area contributed by atoms with Gasteiger partial charge in [0, 0.05) is 12.6 Å². The molecule has 0 saturated carbocycles. The molecule has 112 valence electrons. The molecule has 0 radical (unpaired) electrons. The lowest BCUT2D eigenvalue weighted by molar-refractivity contribution is 0.0117. The molecule has 1 atom stereocenters. The molecule has 0 aromatic heterocycles. The average Bonchev–Trinajstić information content (AvgIpc) is 2.34. The third-order valence-corrected chi connectivity index (χ3v) is 2.65. The Kier molecular flexibility index (Phi) is 5.51. The Morgan fingerprint density at radius 2 is 1.90 bits per heavy atom. The van der Waals surface area contributed by atoms with Crippen molar-refractivity contribution in [3.63, 3.8) is 0 Å². The molecule has 0 saturated heterocycles. The Morgan fingerprint density at radius 3 is 2.35 bits per heavy atom. The molecular weight excluding hydrogens is 259 g/mol. The first-order valence-electron chi connectivity index (χ1n) is 6.75. The highest BCUT2D eigenvalue weighted by Crippen LogP contribution is 2.15. The highest BCUT2D eigenvalue weighted by molar-refractivity contribution is 5.67. The topological polar surface area (TPSA) is 41.6 Å². The maximum absolute atomic E-state index is 12.9. The summed E-state index contributed by atoms with van der Waals surface area (Å²) in [4.78, 5) is 12.0. The molecule has 1 aromatic carbocycles. The van der Waals surface area contributed by atoms with E-state index in [1.165, 1.54) is 17.1 Å². The van der Waals surface area contributed by atoms with Gasteiger partial charge in [0.1, 0.15) is 11.4 Å². The molecule has 0 bridgehead atoms. The van der Waals surface area contributed by atoms with E-state index in [0.717, 1.165) is 5.56 Å². The molecule has 0 spiro atoms. The van der Waals surface area contributed by atoms with Crippen LogP contribution in [-0.4, -0.2) is 23.2 Å². The highest BCUT2D eigenvalue weighted by atomic mass is 19.1. The maximum Gasteiger partial charge on any atom is 0.424 e. The monoisotopic (exact) mass is 282 g/mol. The molecule has 1 aromatic rings. The molecule has 1 amide bonds. The summed E-state index contributed by atoms with van der Waals surface area (Å²) in [6.45, 7) is 9.70. The standard InChI is InChI=1S/C15H23FN2O2/c1-6-18(14(19)20-15(3,4)5)17-11(2)12-7-9-13(16)10-8-12/h7-11,17H,6H2,1-5H3. The van der Waals surface area contributed by atoms with Gasteiger partial charge < -0.3 is 4.74 Å². The predicted molar refractivity (Wildman–Crippen MR) is 76.6 cm³/mol. The van der Waals surface area contributed by atoms with Crippen LogP contribution < -0.4 is 5.43 Å². The molecule has 4 nitrogen and oxygen atoms in total. The summed E-state index contributed by atoms with van der Waals surface area (Å²) in [5, 5.41) is 1.42. The van der Waals surface area contributed by atoms with Crippen LogP contribution in [0.2, 0.25) is 0 Å². The average molecular weight is 282 g/mol. The summed E-state index contributed by atoms with van der Waals surface area (Å²) in [6.07, 6.45) is -0.422. The van der Waals surface area contributed by atoms with Crippen molar-refractivity contribution in [2.24, 2.45) is 0 Å². The predicted octanol–water partition coefficient (Wildman–Crippen LogP) is 3.65. The molecule has 0 aliphatic carbocycles. The summed E-state index contributed by atoms with van der Waals surface area (Å²) in [5.41, 5.74) is 3.42. The van der Waals surface area contributed by atoms with Gasteiger partial charge in [0.05, 0.1) is 0 Å². The van der Waals surface area contributed by atoms with E-state index in [2.05, 4.69) is 5.43 Å². The molecule has 0 aliphatic heterocycles. The van der Waals surface area contributed by atoms with Crippen molar-refractivity contribution in [2.75, 3.05) is 6.54 Å². The minimum absolute atomic E-state index is 0.122. The zero-order valence-corrected chi connectivity index (χ0v) is 12.7. The Labute approximate surface area is 119 Å². The third-order valence-electron chi connectivity index (χ3n) is 2.65. The van der Waals surface area contributed by atoms with Gasteiger partial charge in [-0.05, 0) is 52.3 Å². The van der Waals surface area contributed by atoms with Crippen molar-refractivity contribution < 1.29 is 13.9 Å². The Morgan fingerprint density at radius 1 is 1.35 bits per heavy atom. The first kappa shape index (κ1) is 16.4. The summed E-state index contributed by atoms with van der Waals surface area (Å²) >= 11 is 0. The van der Waals surface area contributed by atoms with Gasteiger partial charge in [-0.1, -0.05) is 12.1 Å². The molecule has 1 unspecified atom stereocenters.